The third-order valence-electron chi connectivity index (χ3n) is 4.42. The highest BCUT2D eigenvalue weighted by Gasteiger charge is 2.18. The molecule has 0 aliphatic carbocycles. The second-order valence-corrected chi connectivity index (χ2v) is 7.59. The first-order valence-electron chi connectivity index (χ1n) is 9.63. The first-order chi connectivity index (χ1) is 15.6. The molecule has 1 aliphatic rings. The Morgan fingerprint density at radius 1 is 1.00 bits per heavy atom. The molecule has 3 aromatic rings. The molecule has 32 heavy (non-hydrogen) atoms. The number of ether oxygens (including phenoxy) is 3. The number of rotatable bonds is 8. The lowest BCUT2D eigenvalue weighted by Crippen LogP contribution is -2.16. The van der Waals surface area contributed by atoms with Crippen molar-refractivity contribution in [3.63, 3.8) is 0 Å². The Morgan fingerprint density at radius 3 is 2.66 bits per heavy atom. The Bertz CT molecular complexity index is 1150. The number of thioether (sulfide) groups is 1. The number of fused-ring (bicyclic) bond motifs is 1. The van der Waals surface area contributed by atoms with Gasteiger partial charge in [0.05, 0.1) is 11.3 Å². The molecule has 0 spiro atoms. The highest BCUT2D eigenvalue weighted by Crippen LogP contribution is 2.34. The average molecular weight is 450 g/mol. The number of nitrogens with zero attached hydrogens (tertiary/aromatic N) is 1. The number of benzene rings is 2. The fourth-order valence-electron chi connectivity index (χ4n) is 2.88. The van der Waals surface area contributed by atoms with Crippen molar-refractivity contribution in [3.05, 3.63) is 78.0 Å². The van der Waals surface area contributed by atoms with Gasteiger partial charge in [-0.2, -0.15) is 0 Å². The molecule has 4 rings (SSSR count). The summed E-state index contributed by atoms with van der Waals surface area (Å²) < 4.78 is 15.7. The van der Waals surface area contributed by atoms with Crippen molar-refractivity contribution in [2.24, 2.45) is 0 Å². The summed E-state index contributed by atoms with van der Waals surface area (Å²) >= 11 is 1.09. The Balaban J connectivity index is 1.33. The minimum atomic E-state index is -0.680. The van der Waals surface area contributed by atoms with E-state index in [1.54, 1.807) is 60.7 Å². The number of ketones is 1. The summed E-state index contributed by atoms with van der Waals surface area (Å²) in [5.41, 5.74) is 1.22. The molecular formula is C23H18N2O6S. The number of anilines is 1. The number of hydrogen-bond acceptors (Lipinski definition) is 8. The van der Waals surface area contributed by atoms with E-state index < -0.39 is 5.97 Å². The minimum Gasteiger partial charge on any atom is -0.454 e. The molecule has 2 aromatic carbocycles. The monoisotopic (exact) mass is 450 g/mol. The van der Waals surface area contributed by atoms with E-state index in [0.717, 1.165) is 11.8 Å². The van der Waals surface area contributed by atoms with Crippen molar-refractivity contribution in [2.45, 2.75) is 5.03 Å². The van der Waals surface area contributed by atoms with Gasteiger partial charge in [0.2, 0.25) is 12.7 Å². The zero-order chi connectivity index (χ0) is 22.3. The average Bonchev–Trinajstić information content (AvgIpc) is 3.29. The quantitative estimate of drug-likeness (QED) is 0.316. The number of nitrogens with one attached hydrogen (secondary N) is 1. The first-order valence-corrected chi connectivity index (χ1v) is 10.6. The Hall–Kier alpha value is -3.85. The van der Waals surface area contributed by atoms with Crippen molar-refractivity contribution in [1.82, 2.24) is 4.98 Å². The molecule has 0 atom stereocenters. The molecule has 0 saturated carbocycles. The maximum absolute atomic E-state index is 12.5. The van der Waals surface area contributed by atoms with Crippen LogP contribution in [0.5, 0.6) is 11.5 Å². The van der Waals surface area contributed by atoms with Crippen LogP contribution in [0.2, 0.25) is 0 Å². The smallest absolute Gasteiger partial charge is 0.341 e. The SMILES string of the molecule is O=C(CSc1ncccc1C(=O)OCC(=O)c1ccccc1)Nc1ccc2c(c1)OCO2. The van der Waals surface area contributed by atoms with Crippen LogP contribution in [-0.2, 0) is 9.53 Å². The van der Waals surface area contributed by atoms with Gasteiger partial charge in [-0.3, -0.25) is 9.59 Å². The molecular weight excluding hydrogens is 432 g/mol. The molecule has 0 radical (unpaired) electrons. The second kappa shape index (κ2) is 9.97. The molecule has 1 amide bonds. The van der Waals surface area contributed by atoms with Crippen molar-refractivity contribution < 1.29 is 28.6 Å². The predicted molar refractivity (Wildman–Crippen MR) is 117 cm³/mol. The first kappa shape index (κ1) is 21.4. The molecule has 0 saturated heterocycles. The number of carbonyl (C=O) groups excluding carboxylic acids is 3. The number of pyridine rings is 1. The number of aromatic nitrogens is 1. The zero-order valence-electron chi connectivity index (χ0n) is 16.8. The van der Waals surface area contributed by atoms with Crippen LogP contribution in [0.4, 0.5) is 5.69 Å². The van der Waals surface area contributed by atoms with Crippen LogP contribution in [0.15, 0.2) is 71.9 Å². The lowest BCUT2D eigenvalue weighted by molar-refractivity contribution is -0.113. The van der Waals surface area contributed by atoms with E-state index in [9.17, 15) is 14.4 Å². The van der Waals surface area contributed by atoms with Crippen molar-refractivity contribution in [2.75, 3.05) is 24.5 Å². The topological polar surface area (TPSA) is 104 Å². The van der Waals surface area contributed by atoms with Crippen LogP contribution >= 0.6 is 11.8 Å². The summed E-state index contributed by atoms with van der Waals surface area (Å²) in [5, 5.41) is 3.10. The molecule has 1 aromatic heterocycles. The summed E-state index contributed by atoms with van der Waals surface area (Å²) in [6, 6.07) is 16.8. The third-order valence-corrected chi connectivity index (χ3v) is 5.42. The van der Waals surface area contributed by atoms with Gasteiger partial charge in [0, 0.05) is 23.5 Å². The molecule has 9 heteroatoms. The summed E-state index contributed by atoms with van der Waals surface area (Å²) in [6.45, 7) is -0.232. The van der Waals surface area contributed by atoms with Gasteiger partial charge in [0.1, 0.15) is 5.03 Å². The number of esters is 1. The molecule has 0 unspecified atom stereocenters. The van der Waals surface area contributed by atoms with E-state index in [1.807, 2.05) is 0 Å². The molecule has 1 aliphatic heterocycles. The van der Waals surface area contributed by atoms with Gasteiger partial charge in [-0.05, 0) is 24.3 Å². The van der Waals surface area contributed by atoms with Gasteiger partial charge in [0.25, 0.3) is 0 Å². The van der Waals surface area contributed by atoms with Gasteiger partial charge in [-0.1, -0.05) is 42.1 Å². The fraction of sp³-hybridized carbons (Fsp3) is 0.130. The van der Waals surface area contributed by atoms with Crippen molar-refractivity contribution >= 4 is 35.1 Å². The van der Waals surface area contributed by atoms with Crippen LogP contribution in [0.1, 0.15) is 20.7 Å². The highest BCUT2D eigenvalue weighted by atomic mass is 32.2. The number of hydrogen-bond donors (Lipinski definition) is 1. The Morgan fingerprint density at radius 2 is 1.81 bits per heavy atom. The van der Waals surface area contributed by atoms with E-state index in [-0.39, 0.29) is 36.4 Å². The normalized spacial score (nSPS) is 11.6. The number of carbonyl (C=O) groups is 3. The van der Waals surface area contributed by atoms with Gasteiger partial charge >= 0.3 is 5.97 Å². The zero-order valence-corrected chi connectivity index (χ0v) is 17.6. The maximum Gasteiger partial charge on any atom is 0.341 e. The molecule has 0 bridgehead atoms. The molecule has 162 valence electrons. The minimum absolute atomic E-state index is 0.0225. The molecule has 8 nitrogen and oxygen atoms in total. The lowest BCUT2D eigenvalue weighted by Gasteiger charge is -2.09. The molecule has 1 N–H and O–H groups in total. The fourth-order valence-corrected chi connectivity index (χ4v) is 3.66. The Labute approximate surface area is 187 Å². The van der Waals surface area contributed by atoms with Crippen LogP contribution in [0, 0.1) is 0 Å². The summed E-state index contributed by atoms with van der Waals surface area (Å²) in [4.78, 5) is 41.2. The lowest BCUT2D eigenvalue weighted by atomic mass is 10.1. The van der Waals surface area contributed by atoms with Crippen LogP contribution < -0.4 is 14.8 Å². The van der Waals surface area contributed by atoms with Gasteiger partial charge < -0.3 is 19.5 Å². The van der Waals surface area contributed by atoms with E-state index in [0.29, 0.717) is 27.8 Å². The van der Waals surface area contributed by atoms with Crippen LogP contribution in [-0.4, -0.2) is 41.8 Å². The van der Waals surface area contributed by atoms with E-state index >= 15 is 0 Å². The van der Waals surface area contributed by atoms with Crippen LogP contribution in [0.3, 0.4) is 0 Å². The standard InChI is InChI=1S/C23H18N2O6S/c26-18(15-5-2-1-3-6-15)12-29-23(28)17-7-4-10-24-22(17)32-13-21(27)25-16-8-9-19-20(11-16)31-14-30-19/h1-11H,12-14H2,(H,25,27). The van der Waals surface area contributed by atoms with Gasteiger partial charge in [0.15, 0.2) is 23.9 Å². The summed E-state index contributed by atoms with van der Waals surface area (Å²) in [6.07, 6.45) is 1.52. The second-order valence-electron chi connectivity index (χ2n) is 6.63. The van der Waals surface area contributed by atoms with Gasteiger partial charge in [-0.15, -0.1) is 0 Å². The molecule has 0 fully saturated rings. The van der Waals surface area contributed by atoms with Gasteiger partial charge in [-0.25, -0.2) is 9.78 Å². The van der Waals surface area contributed by atoms with Crippen molar-refractivity contribution in [3.8, 4) is 11.5 Å². The Kier molecular flexibility index (Phi) is 6.66. The maximum atomic E-state index is 12.5. The number of amides is 1. The van der Waals surface area contributed by atoms with E-state index in [1.165, 1.54) is 6.20 Å². The summed E-state index contributed by atoms with van der Waals surface area (Å²) in [7, 11) is 0. The third kappa shape index (κ3) is 5.25. The molecule has 2 heterocycles. The van der Waals surface area contributed by atoms with Crippen LogP contribution in [0.25, 0.3) is 0 Å². The largest absolute Gasteiger partial charge is 0.454 e. The number of Topliss-reactive ketones (excluding diaryl/α,β-unsaturated/α-hetero) is 1. The van der Waals surface area contributed by atoms with E-state index in [2.05, 4.69) is 10.3 Å². The van der Waals surface area contributed by atoms with E-state index in [4.69, 9.17) is 14.2 Å². The van der Waals surface area contributed by atoms with Crippen molar-refractivity contribution in [1.29, 1.82) is 0 Å². The summed E-state index contributed by atoms with van der Waals surface area (Å²) in [5.74, 6) is -0.0522. The highest BCUT2D eigenvalue weighted by molar-refractivity contribution is 8.00. The predicted octanol–water partition coefficient (Wildman–Crippen LogP) is 3.58.